The van der Waals surface area contributed by atoms with E-state index in [1.807, 2.05) is 29.6 Å². The van der Waals surface area contributed by atoms with Gasteiger partial charge in [-0.25, -0.2) is 4.98 Å². The Labute approximate surface area is 141 Å². The maximum atomic E-state index is 12.2. The second-order valence-corrected chi connectivity index (χ2v) is 6.29. The minimum Gasteiger partial charge on any atom is -0.322 e. The van der Waals surface area contributed by atoms with Crippen molar-refractivity contribution in [1.82, 2.24) is 4.98 Å². The highest BCUT2D eigenvalue weighted by molar-refractivity contribution is 7.13. The molecule has 0 spiro atoms. The van der Waals surface area contributed by atoms with Gasteiger partial charge in [-0.15, -0.1) is 11.3 Å². The third-order valence-electron chi connectivity index (χ3n) is 2.95. The minimum absolute atomic E-state index is 0.258. The molecule has 0 bridgehead atoms. The maximum absolute atomic E-state index is 12.2. The van der Waals surface area contributed by atoms with E-state index < -0.39 is 0 Å². The quantitative estimate of drug-likeness (QED) is 0.691. The molecule has 1 amide bonds. The van der Waals surface area contributed by atoms with Crippen LogP contribution in [0.5, 0.6) is 0 Å². The van der Waals surface area contributed by atoms with Gasteiger partial charge in [0.2, 0.25) is 0 Å². The van der Waals surface area contributed by atoms with Crippen molar-refractivity contribution in [2.75, 3.05) is 5.32 Å². The molecule has 22 heavy (non-hydrogen) atoms. The number of carbonyl (C=O) groups is 1. The number of halogens is 2. The van der Waals surface area contributed by atoms with Crippen LogP contribution in [0.1, 0.15) is 10.4 Å². The summed E-state index contributed by atoms with van der Waals surface area (Å²) in [5.41, 5.74) is 2.13. The average Bonchev–Trinajstić information content (AvgIpc) is 3.01. The normalized spacial score (nSPS) is 10.5. The summed E-state index contributed by atoms with van der Waals surface area (Å²) >= 11 is 13.4. The number of benzene rings is 2. The Morgan fingerprint density at radius 1 is 1.05 bits per heavy atom. The van der Waals surface area contributed by atoms with Gasteiger partial charge in [-0.3, -0.25) is 4.79 Å². The largest absolute Gasteiger partial charge is 0.322 e. The number of amides is 1. The molecule has 6 heteroatoms. The van der Waals surface area contributed by atoms with E-state index in [1.54, 1.807) is 35.7 Å². The second-order valence-electron chi connectivity index (χ2n) is 4.53. The molecule has 0 fully saturated rings. The third kappa shape index (κ3) is 3.47. The fourth-order valence-corrected chi connectivity index (χ4v) is 3.12. The molecular formula is C16H10Cl2N2OS. The highest BCUT2D eigenvalue weighted by Crippen LogP contribution is 2.24. The Bertz CT molecular complexity index is 781. The summed E-state index contributed by atoms with van der Waals surface area (Å²) in [5.74, 6) is -0.258. The molecule has 0 atom stereocenters. The summed E-state index contributed by atoms with van der Waals surface area (Å²) in [6.45, 7) is 0. The first-order chi connectivity index (χ1) is 10.6. The fraction of sp³-hybridized carbons (Fsp3) is 0. The Morgan fingerprint density at radius 2 is 1.73 bits per heavy atom. The lowest BCUT2D eigenvalue weighted by Crippen LogP contribution is -2.11. The van der Waals surface area contributed by atoms with Crippen LogP contribution in [0, 0.1) is 0 Å². The Hall–Kier alpha value is -1.88. The molecule has 1 aromatic heterocycles. The van der Waals surface area contributed by atoms with Gasteiger partial charge in [-0.05, 0) is 42.5 Å². The molecule has 0 aliphatic rings. The van der Waals surface area contributed by atoms with Crippen LogP contribution >= 0.6 is 34.5 Å². The van der Waals surface area contributed by atoms with E-state index in [0.717, 1.165) is 10.6 Å². The van der Waals surface area contributed by atoms with Crippen LogP contribution in [0.2, 0.25) is 10.0 Å². The van der Waals surface area contributed by atoms with Crippen LogP contribution in [0.15, 0.2) is 54.0 Å². The van der Waals surface area contributed by atoms with Crippen molar-refractivity contribution in [2.45, 2.75) is 0 Å². The molecule has 3 nitrogen and oxygen atoms in total. The van der Waals surface area contributed by atoms with Gasteiger partial charge in [0.1, 0.15) is 5.01 Å². The van der Waals surface area contributed by atoms with Crippen LogP contribution in [0.4, 0.5) is 5.69 Å². The van der Waals surface area contributed by atoms with Gasteiger partial charge in [0, 0.05) is 38.4 Å². The molecule has 0 unspecified atom stereocenters. The molecule has 110 valence electrons. The van der Waals surface area contributed by atoms with Gasteiger partial charge >= 0.3 is 0 Å². The standard InChI is InChI=1S/C16H10Cl2N2OS/c17-12-7-11(8-13(18)9-12)15(21)20-14-3-1-10(2-4-14)16-19-5-6-22-16/h1-9H,(H,20,21). The van der Waals surface area contributed by atoms with Crippen molar-refractivity contribution in [1.29, 1.82) is 0 Å². The smallest absolute Gasteiger partial charge is 0.255 e. The van der Waals surface area contributed by atoms with Crippen LogP contribution in [-0.4, -0.2) is 10.9 Å². The topological polar surface area (TPSA) is 42.0 Å². The summed E-state index contributed by atoms with van der Waals surface area (Å²) in [5, 5.41) is 6.54. The first-order valence-electron chi connectivity index (χ1n) is 6.39. The second kappa shape index (κ2) is 6.48. The van der Waals surface area contributed by atoms with Gasteiger partial charge in [-0.1, -0.05) is 23.2 Å². The first kappa shape index (κ1) is 15.0. The number of thiazole rings is 1. The zero-order valence-corrected chi connectivity index (χ0v) is 13.5. The highest BCUT2D eigenvalue weighted by Gasteiger charge is 2.09. The maximum Gasteiger partial charge on any atom is 0.255 e. The Kier molecular flexibility index (Phi) is 4.43. The van der Waals surface area contributed by atoms with Crippen molar-refractivity contribution < 1.29 is 4.79 Å². The molecule has 2 aromatic carbocycles. The lowest BCUT2D eigenvalue weighted by Gasteiger charge is -2.07. The summed E-state index contributed by atoms with van der Waals surface area (Å²) < 4.78 is 0. The number of hydrogen-bond donors (Lipinski definition) is 1. The van der Waals surface area contributed by atoms with Crippen molar-refractivity contribution in [3.05, 3.63) is 69.7 Å². The van der Waals surface area contributed by atoms with E-state index in [-0.39, 0.29) is 5.91 Å². The summed E-state index contributed by atoms with van der Waals surface area (Å²) in [6.07, 6.45) is 1.76. The molecule has 1 N–H and O–H groups in total. The molecule has 0 saturated carbocycles. The van der Waals surface area contributed by atoms with Crippen molar-refractivity contribution in [3.8, 4) is 10.6 Å². The van der Waals surface area contributed by atoms with E-state index in [0.29, 0.717) is 21.3 Å². The summed E-state index contributed by atoms with van der Waals surface area (Å²) in [6, 6.07) is 12.2. The predicted molar refractivity (Wildman–Crippen MR) is 92.0 cm³/mol. The predicted octanol–water partition coefficient (Wildman–Crippen LogP) is 5.37. The number of aromatic nitrogens is 1. The van der Waals surface area contributed by atoms with Gasteiger partial charge in [0.05, 0.1) is 0 Å². The zero-order chi connectivity index (χ0) is 15.5. The molecule has 1 heterocycles. The van der Waals surface area contributed by atoms with Crippen molar-refractivity contribution >= 4 is 46.1 Å². The van der Waals surface area contributed by atoms with E-state index in [4.69, 9.17) is 23.2 Å². The van der Waals surface area contributed by atoms with Crippen LogP contribution in [0.3, 0.4) is 0 Å². The summed E-state index contributed by atoms with van der Waals surface area (Å²) in [4.78, 5) is 16.4. The lowest BCUT2D eigenvalue weighted by atomic mass is 10.2. The molecular weight excluding hydrogens is 339 g/mol. The van der Waals surface area contributed by atoms with Crippen LogP contribution < -0.4 is 5.32 Å². The van der Waals surface area contributed by atoms with Crippen molar-refractivity contribution in [3.63, 3.8) is 0 Å². The number of hydrogen-bond acceptors (Lipinski definition) is 3. The molecule has 3 aromatic rings. The molecule has 0 saturated heterocycles. The molecule has 0 aliphatic carbocycles. The zero-order valence-electron chi connectivity index (χ0n) is 11.2. The first-order valence-corrected chi connectivity index (χ1v) is 8.03. The molecule has 0 radical (unpaired) electrons. The Morgan fingerprint density at radius 3 is 2.32 bits per heavy atom. The molecule has 0 aliphatic heterocycles. The average molecular weight is 349 g/mol. The fourth-order valence-electron chi connectivity index (χ4n) is 1.95. The van der Waals surface area contributed by atoms with Gasteiger partial charge in [-0.2, -0.15) is 0 Å². The van der Waals surface area contributed by atoms with Crippen LogP contribution in [0.25, 0.3) is 10.6 Å². The number of carbonyl (C=O) groups excluding carboxylic acids is 1. The number of rotatable bonds is 3. The van der Waals surface area contributed by atoms with E-state index in [9.17, 15) is 4.79 Å². The van der Waals surface area contributed by atoms with Crippen molar-refractivity contribution in [2.24, 2.45) is 0 Å². The number of nitrogens with zero attached hydrogens (tertiary/aromatic N) is 1. The van der Waals surface area contributed by atoms with Gasteiger partial charge < -0.3 is 5.32 Å². The Balaban J connectivity index is 1.76. The third-order valence-corrected chi connectivity index (χ3v) is 4.21. The minimum atomic E-state index is -0.258. The SMILES string of the molecule is O=C(Nc1ccc(-c2nccs2)cc1)c1cc(Cl)cc(Cl)c1. The lowest BCUT2D eigenvalue weighted by molar-refractivity contribution is 0.102. The molecule has 3 rings (SSSR count). The van der Waals surface area contributed by atoms with Gasteiger partial charge in [0.25, 0.3) is 5.91 Å². The number of nitrogens with one attached hydrogen (secondary N) is 1. The summed E-state index contributed by atoms with van der Waals surface area (Å²) in [7, 11) is 0. The van der Waals surface area contributed by atoms with Gasteiger partial charge in [0.15, 0.2) is 0 Å². The van der Waals surface area contributed by atoms with E-state index in [2.05, 4.69) is 10.3 Å². The van der Waals surface area contributed by atoms with E-state index >= 15 is 0 Å². The highest BCUT2D eigenvalue weighted by atomic mass is 35.5. The number of anilines is 1. The van der Waals surface area contributed by atoms with E-state index in [1.165, 1.54) is 0 Å². The van der Waals surface area contributed by atoms with Crippen LogP contribution in [-0.2, 0) is 0 Å². The monoisotopic (exact) mass is 348 g/mol.